The third-order valence-electron chi connectivity index (χ3n) is 2.67. The quantitative estimate of drug-likeness (QED) is 0.502. The molecular formula is C10H22BNO5S. The molecule has 2 N–H and O–H groups in total. The van der Waals surface area contributed by atoms with Crippen LogP contribution < -0.4 is 0 Å². The molecule has 0 aliphatic carbocycles. The van der Waals surface area contributed by atoms with Gasteiger partial charge in [-0.2, -0.15) is 0 Å². The number of hydrogen-bond donors (Lipinski definition) is 2. The molecule has 1 unspecified atom stereocenters. The average Bonchev–Trinajstić information content (AvgIpc) is 2.31. The molecule has 0 aliphatic rings. The van der Waals surface area contributed by atoms with Crippen LogP contribution >= 0.6 is 0 Å². The number of rotatable bonds is 10. The standard InChI is InChI=1S/C10H22BNO5S/c1-9(2)7-10(8-14)12(3-5-13)4-6-18(16,17)11-15/h9-10,13-14H,3-8H2,1-2H3. The fraction of sp³-hybridized carbons (Fsp3) is 1.00. The van der Waals surface area contributed by atoms with Crippen molar-refractivity contribution in [3.8, 4) is 0 Å². The van der Waals surface area contributed by atoms with Gasteiger partial charge in [-0.05, 0) is 0 Å². The predicted octanol–water partition coefficient (Wildman–Crippen LogP) is -0.933. The van der Waals surface area contributed by atoms with Gasteiger partial charge in [0, 0.05) is 0 Å². The first-order chi connectivity index (χ1) is 8.36. The van der Waals surface area contributed by atoms with Crippen LogP contribution in [0.15, 0.2) is 0 Å². The normalized spacial score (nSPS) is 13.9. The molecule has 18 heavy (non-hydrogen) atoms. The van der Waals surface area contributed by atoms with Crippen molar-refractivity contribution < 1.29 is 23.3 Å². The number of aliphatic hydroxyl groups is 2. The summed E-state index contributed by atoms with van der Waals surface area (Å²) in [6.07, 6.45) is 0.651. The molecule has 6 nitrogen and oxygen atoms in total. The van der Waals surface area contributed by atoms with Gasteiger partial charge in [0.05, 0.1) is 0 Å². The second-order valence-electron chi connectivity index (χ2n) is 4.69. The average molecular weight is 279 g/mol. The van der Waals surface area contributed by atoms with Gasteiger partial charge in [0.2, 0.25) is 0 Å². The summed E-state index contributed by atoms with van der Waals surface area (Å²) in [7, 11) is -3.69. The molecule has 106 valence electrons. The van der Waals surface area contributed by atoms with Crippen molar-refractivity contribution >= 4 is 16.1 Å². The van der Waals surface area contributed by atoms with Crippen LogP contribution in [0.5, 0.6) is 0 Å². The van der Waals surface area contributed by atoms with Crippen molar-refractivity contribution in [1.82, 2.24) is 4.90 Å². The fourth-order valence-electron chi connectivity index (χ4n) is 1.78. The van der Waals surface area contributed by atoms with Gasteiger partial charge < -0.3 is 0 Å². The Morgan fingerprint density at radius 2 is 1.83 bits per heavy atom. The van der Waals surface area contributed by atoms with Gasteiger partial charge in [0.15, 0.2) is 0 Å². The Morgan fingerprint density at radius 3 is 2.22 bits per heavy atom. The fourth-order valence-corrected chi connectivity index (χ4v) is 2.37. The van der Waals surface area contributed by atoms with Gasteiger partial charge in [-0.15, -0.1) is 0 Å². The zero-order valence-corrected chi connectivity index (χ0v) is 11.8. The van der Waals surface area contributed by atoms with Crippen molar-refractivity contribution in [2.24, 2.45) is 5.92 Å². The predicted molar refractivity (Wildman–Crippen MR) is 69.2 cm³/mol. The Hall–Kier alpha value is -0.305. The Labute approximate surface area is 109 Å². The molecule has 0 rings (SSSR count). The van der Waals surface area contributed by atoms with Crippen LogP contribution in [0.4, 0.5) is 0 Å². The molecule has 0 aliphatic heterocycles. The summed E-state index contributed by atoms with van der Waals surface area (Å²) < 4.78 is 32.6. The molecule has 0 radical (unpaired) electrons. The van der Waals surface area contributed by atoms with Crippen LogP contribution in [0.2, 0.25) is 0 Å². The van der Waals surface area contributed by atoms with Crippen molar-refractivity contribution in [1.29, 1.82) is 0 Å². The van der Waals surface area contributed by atoms with E-state index in [1.807, 2.05) is 13.8 Å². The summed E-state index contributed by atoms with van der Waals surface area (Å²) >= 11 is 0. The molecule has 0 aromatic rings. The Morgan fingerprint density at radius 1 is 1.22 bits per heavy atom. The number of aliphatic hydroxyl groups excluding tert-OH is 2. The SMILES string of the molecule is CC(C)CC(CO)N(CCO)CCS(=O)(=O)B=O. The van der Waals surface area contributed by atoms with E-state index < -0.39 is 9.69 Å². The van der Waals surface area contributed by atoms with Crippen LogP contribution in [-0.2, 0) is 14.4 Å². The van der Waals surface area contributed by atoms with Crippen molar-refractivity contribution in [2.75, 3.05) is 32.1 Å². The molecule has 0 bridgehead atoms. The van der Waals surface area contributed by atoms with Crippen molar-refractivity contribution in [3.63, 3.8) is 0 Å². The van der Waals surface area contributed by atoms with E-state index in [-0.39, 0.29) is 44.5 Å². The third-order valence-corrected chi connectivity index (χ3v) is 3.71. The van der Waals surface area contributed by atoms with Gasteiger partial charge >= 0.3 is 109 Å². The monoisotopic (exact) mass is 279 g/mol. The van der Waals surface area contributed by atoms with Crippen molar-refractivity contribution in [2.45, 2.75) is 26.3 Å². The molecule has 0 saturated carbocycles. The van der Waals surface area contributed by atoms with Crippen molar-refractivity contribution in [3.05, 3.63) is 0 Å². The summed E-state index contributed by atoms with van der Waals surface area (Å²) in [5.74, 6) is 0.0662. The van der Waals surface area contributed by atoms with Crippen LogP contribution in [0, 0.1) is 5.92 Å². The van der Waals surface area contributed by atoms with Gasteiger partial charge in [-0.1, -0.05) is 0 Å². The van der Waals surface area contributed by atoms with E-state index in [0.29, 0.717) is 12.3 Å². The van der Waals surface area contributed by atoms with Gasteiger partial charge in [-0.3, -0.25) is 0 Å². The Kier molecular flexibility index (Phi) is 8.59. The summed E-state index contributed by atoms with van der Waals surface area (Å²) in [5, 5.41) is 18.3. The van der Waals surface area contributed by atoms with Crippen LogP contribution in [0.1, 0.15) is 20.3 Å². The molecule has 0 amide bonds. The molecule has 0 saturated heterocycles. The first-order valence-corrected chi connectivity index (χ1v) is 7.71. The molecular weight excluding hydrogens is 257 g/mol. The Balaban J connectivity index is 4.57. The van der Waals surface area contributed by atoms with Gasteiger partial charge in [0.25, 0.3) is 0 Å². The van der Waals surface area contributed by atoms with Gasteiger partial charge in [0.1, 0.15) is 0 Å². The van der Waals surface area contributed by atoms with E-state index in [4.69, 9.17) is 5.11 Å². The number of hydrogen-bond acceptors (Lipinski definition) is 6. The first-order valence-electron chi connectivity index (χ1n) is 6.00. The van der Waals surface area contributed by atoms with Gasteiger partial charge in [-0.25, -0.2) is 0 Å². The maximum absolute atomic E-state index is 11.1. The van der Waals surface area contributed by atoms with E-state index in [9.17, 15) is 18.2 Å². The molecule has 1 atom stereocenters. The molecule has 0 heterocycles. The van der Waals surface area contributed by atoms with E-state index >= 15 is 0 Å². The zero-order chi connectivity index (χ0) is 14.2. The molecule has 0 spiro atoms. The van der Waals surface area contributed by atoms with E-state index in [2.05, 4.69) is 0 Å². The summed E-state index contributed by atoms with van der Waals surface area (Å²) in [5.41, 5.74) is 0. The number of nitrogens with zero attached hydrogens (tertiary/aromatic N) is 1. The molecule has 0 aromatic heterocycles. The summed E-state index contributed by atoms with van der Waals surface area (Å²) in [4.78, 5) is 1.71. The zero-order valence-electron chi connectivity index (χ0n) is 10.9. The van der Waals surface area contributed by atoms with Crippen LogP contribution in [0.3, 0.4) is 0 Å². The first kappa shape index (κ1) is 17.7. The van der Waals surface area contributed by atoms with Crippen LogP contribution in [0.25, 0.3) is 0 Å². The molecule has 0 fully saturated rings. The second-order valence-corrected chi connectivity index (χ2v) is 6.62. The second kappa shape index (κ2) is 8.74. The summed E-state index contributed by atoms with van der Waals surface area (Å²) in [6.45, 7) is 4.21. The van der Waals surface area contributed by atoms with E-state index in [1.165, 1.54) is 0 Å². The molecule has 8 heteroatoms. The maximum atomic E-state index is 11.1. The van der Waals surface area contributed by atoms with E-state index in [0.717, 1.165) is 0 Å². The van der Waals surface area contributed by atoms with E-state index in [1.54, 1.807) is 4.90 Å². The summed E-state index contributed by atoms with van der Waals surface area (Å²) in [6, 6.07) is -0.195. The topological polar surface area (TPSA) is 94.9 Å². The third kappa shape index (κ3) is 7.20. The molecule has 0 aromatic carbocycles. The Bertz CT molecular complexity index is 333. The minimum absolute atomic E-state index is 0.0550. The minimum atomic E-state index is -3.69. The van der Waals surface area contributed by atoms with Crippen LogP contribution in [-0.4, -0.2) is 68.1 Å².